The highest BCUT2D eigenvalue weighted by atomic mass is 79.9. The molecule has 5 nitrogen and oxygen atoms in total. The number of pyridine rings is 1. The third-order valence-electron chi connectivity index (χ3n) is 2.22. The normalized spacial score (nSPS) is 11.6. The third kappa shape index (κ3) is 3.87. The number of benzene rings is 1. The van der Waals surface area contributed by atoms with Gasteiger partial charge in [0.05, 0.1) is 11.1 Å². The lowest BCUT2D eigenvalue weighted by atomic mass is 10.3. The molecule has 1 N–H and O–H groups in total. The minimum Gasteiger partial charge on any atom is -0.265 e. The van der Waals surface area contributed by atoms with Gasteiger partial charge in [-0.15, -0.1) is 0 Å². The van der Waals surface area contributed by atoms with E-state index in [-0.39, 0.29) is 4.90 Å². The molecular formula is C12H10BrN3O2S. The van der Waals surface area contributed by atoms with Crippen LogP contribution >= 0.6 is 15.9 Å². The molecule has 1 heterocycles. The molecule has 1 aromatic carbocycles. The summed E-state index contributed by atoms with van der Waals surface area (Å²) in [5.74, 6) is 0. The molecule has 0 aliphatic heterocycles. The van der Waals surface area contributed by atoms with Crippen molar-refractivity contribution in [3.8, 4) is 0 Å². The lowest BCUT2D eigenvalue weighted by molar-refractivity contribution is 0.584. The highest BCUT2D eigenvalue weighted by molar-refractivity contribution is 9.10. The summed E-state index contributed by atoms with van der Waals surface area (Å²) in [5.41, 5.74) is 0.758. The van der Waals surface area contributed by atoms with Gasteiger partial charge in [0.25, 0.3) is 10.0 Å². The second-order valence-electron chi connectivity index (χ2n) is 3.59. The highest BCUT2D eigenvalue weighted by Gasteiger charge is 2.11. The van der Waals surface area contributed by atoms with Gasteiger partial charge < -0.3 is 0 Å². The molecule has 0 atom stereocenters. The van der Waals surface area contributed by atoms with Gasteiger partial charge in [-0.05, 0) is 42.0 Å². The number of hydrogen-bond donors (Lipinski definition) is 1. The molecule has 0 amide bonds. The van der Waals surface area contributed by atoms with E-state index in [1.54, 1.807) is 36.7 Å². The number of sulfonamides is 1. The van der Waals surface area contributed by atoms with Crippen LogP contribution < -0.4 is 4.83 Å². The summed E-state index contributed by atoms with van der Waals surface area (Å²) in [6.45, 7) is 0. The van der Waals surface area contributed by atoms with E-state index in [0.717, 1.165) is 10.0 Å². The van der Waals surface area contributed by atoms with Crippen molar-refractivity contribution in [2.45, 2.75) is 4.90 Å². The smallest absolute Gasteiger partial charge is 0.265 e. The van der Waals surface area contributed by atoms with Gasteiger partial charge in [-0.1, -0.05) is 15.9 Å². The first-order valence-electron chi connectivity index (χ1n) is 5.28. The molecule has 98 valence electrons. The van der Waals surface area contributed by atoms with Crippen LogP contribution in [0.1, 0.15) is 5.56 Å². The number of nitrogens with one attached hydrogen (secondary N) is 1. The molecule has 2 rings (SSSR count). The minimum absolute atomic E-state index is 0.155. The fourth-order valence-electron chi connectivity index (χ4n) is 1.29. The Kier molecular flexibility index (Phi) is 4.28. The molecule has 0 aliphatic rings. The van der Waals surface area contributed by atoms with Crippen molar-refractivity contribution in [1.29, 1.82) is 0 Å². The highest BCUT2D eigenvalue weighted by Crippen LogP contribution is 2.14. The maximum Gasteiger partial charge on any atom is 0.276 e. The number of hydrogen-bond acceptors (Lipinski definition) is 4. The van der Waals surface area contributed by atoms with Crippen molar-refractivity contribution >= 4 is 32.2 Å². The summed E-state index contributed by atoms with van der Waals surface area (Å²) in [4.78, 5) is 6.16. The quantitative estimate of drug-likeness (QED) is 0.685. The Labute approximate surface area is 119 Å². The van der Waals surface area contributed by atoms with E-state index in [1.165, 1.54) is 18.3 Å². The van der Waals surface area contributed by atoms with Gasteiger partial charge in [0.15, 0.2) is 0 Å². The van der Waals surface area contributed by atoms with Crippen LogP contribution in [0.15, 0.2) is 63.3 Å². The minimum atomic E-state index is -3.63. The number of rotatable bonds is 4. The van der Waals surface area contributed by atoms with Crippen molar-refractivity contribution in [3.63, 3.8) is 0 Å². The second-order valence-corrected chi connectivity index (χ2v) is 6.16. The Morgan fingerprint density at radius 2 is 1.74 bits per heavy atom. The lowest BCUT2D eigenvalue weighted by Gasteiger charge is -2.02. The SMILES string of the molecule is O=S(=O)(NN=Cc1ccncc1)c1ccc(Br)cc1. The van der Waals surface area contributed by atoms with Gasteiger partial charge in [-0.25, -0.2) is 4.83 Å². The zero-order chi connectivity index (χ0) is 13.7. The lowest BCUT2D eigenvalue weighted by Crippen LogP contribution is -2.18. The molecule has 0 radical (unpaired) electrons. The fraction of sp³-hybridized carbons (Fsp3) is 0. The Hall–Kier alpha value is -1.73. The summed E-state index contributed by atoms with van der Waals surface area (Å²) in [7, 11) is -3.63. The van der Waals surface area contributed by atoms with Crippen LogP contribution in [0.2, 0.25) is 0 Å². The van der Waals surface area contributed by atoms with Gasteiger partial charge in [0.2, 0.25) is 0 Å². The number of aromatic nitrogens is 1. The van der Waals surface area contributed by atoms with E-state index >= 15 is 0 Å². The maximum atomic E-state index is 11.9. The van der Waals surface area contributed by atoms with Gasteiger partial charge in [-0.3, -0.25) is 4.98 Å². The van der Waals surface area contributed by atoms with E-state index in [1.807, 2.05) is 0 Å². The average molecular weight is 340 g/mol. The van der Waals surface area contributed by atoms with Crippen molar-refractivity contribution in [3.05, 3.63) is 58.8 Å². The first-order valence-corrected chi connectivity index (χ1v) is 7.56. The van der Waals surface area contributed by atoms with E-state index in [4.69, 9.17) is 0 Å². The van der Waals surface area contributed by atoms with E-state index in [9.17, 15) is 8.42 Å². The van der Waals surface area contributed by atoms with Crippen LogP contribution in [-0.2, 0) is 10.0 Å². The average Bonchev–Trinajstić information content (AvgIpc) is 2.40. The van der Waals surface area contributed by atoms with Gasteiger partial charge in [0, 0.05) is 16.9 Å². The van der Waals surface area contributed by atoms with E-state index in [0.29, 0.717) is 0 Å². The number of hydrazone groups is 1. The zero-order valence-electron chi connectivity index (χ0n) is 9.69. The van der Waals surface area contributed by atoms with Crippen LogP contribution in [0.5, 0.6) is 0 Å². The Morgan fingerprint density at radius 3 is 2.37 bits per heavy atom. The second kappa shape index (κ2) is 5.94. The van der Waals surface area contributed by atoms with Crippen LogP contribution in [0, 0.1) is 0 Å². The third-order valence-corrected chi connectivity index (χ3v) is 3.98. The van der Waals surface area contributed by atoms with Crippen molar-refractivity contribution in [2.75, 3.05) is 0 Å². The first-order chi connectivity index (χ1) is 9.08. The molecule has 19 heavy (non-hydrogen) atoms. The molecule has 0 unspecified atom stereocenters. The maximum absolute atomic E-state index is 11.9. The molecule has 1 aromatic heterocycles. The molecule has 0 saturated carbocycles. The molecule has 0 saturated heterocycles. The van der Waals surface area contributed by atoms with Crippen LogP contribution in [0.25, 0.3) is 0 Å². The molecule has 0 bridgehead atoms. The number of nitrogens with zero attached hydrogens (tertiary/aromatic N) is 2. The van der Waals surface area contributed by atoms with Gasteiger partial charge >= 0.3 is 0 Å². The monoisotopic (exact) mass is 339 g/mol. The largest absolute Gasteiger partial charge is 0.276 e. The molecular weight excluding hydrogens is 330 g/mol. The van der Waals surface area contributed by atoms with Crippen molar-refractivity contribution in [2.24, 2.45) is 5.10 Å². The summed E-state index contributed by atoms with van der Waals surface area (Å²) in [5, 5.41) is 3.71. The fourth-order valence-corrected chi connectivity index (χ4v) is 2.34. The topological polar surface area (TPSA) is 71.4 Å². The Bertz CT molecular complexity index is 670. The zero-order valence-corrected chi connectivity index (χ0v) is 12.1. The summed E-state index contributed by atoms with van der Waals surface area (Å²) >= 11 is 3.24. The predicted octanol–water partition coefficient (Wildman–Crippen LogP) is 2.16. The van der Waals surface area contributed by atoms with E-state index in [2.05, 4.69) is 30.8 Å². The first kappa shape index (κ1) is 13.7. The molecule has 2 aromatic rings. The molecule has 7 heteroatoms. The standard InChI is InChI=1S/C12H10BrN3O2S/c13-11-1-3-12(4-2-11)19(17,18)16-15-9-10-5-7-14-8-6-10/h1-9,16H. The molecule has 0 aliphatic carbocycles. The Morgan fingerprint density at radius 1 is 1.11 bits per heavy atom. The summed E-state index contributed by atoms with van der Waals surface area (Å²) in [6, 6.07) is 9.74. The van der Waals surface area contributed by atoms with Gasteiger partial charge in [0.1, 0.15) is 0 Å². The number of halogens is 1. The molecule has 0 spiro atoms. The van der Waals surface area contributed by atoms with E-state index < -0.39 is 10.0 Å². The van der Waals surface area contributed by atoms with Crippen LogP contribution in [-0.4, -0.2) is 19.6 Å². The molecule has 0 fully saturated rings. The summed E-state index contributed by atoms with van der Waals surface area (Å²) in [6.07, 6.45) is 4.62. The van der Waals surface area contributed by atoms with Crippen molar-refractivity contribution in [1.82, 2.24) is 9.82 Å². The van der Waals surface area contributed by atoms with Crippen LogP contribution in [0.3, 0.4) is 0 Å². The van der Waals surface area contributed by atoms with Crippen LogP contribution in [0.4, 0.5) is 0 Å². The Balaban J connectivity index is 2.10. The predicted molar refractivity (Wildman–Crippen MR) is 76.3 cm³/mol. The summed E-state index contributed by atoms with van der Waals surface area (Å²) < 4.78 is 24.6. The van der Waals surface area contributed by atoms with Gasteiger partial charge in [-0.2, -0.15) is 13.5 Å². The van der Waals surface area contributed by atoms with Crippen molar-refractivity contribution < 1.29 is 8.42 Å².